The van der Waals surface area contributed by atoms with E-state index < -0.39 is 0 Å². The van der Waals surface area contributed by atoms with Crippen LogP contribution in [0.1, 0.15) is 41.5 Å². The Labute approximate surface area is 362 Å². The van der Waals surface area contributed by atoms with Gasteiger partial charge in [-0.1, -0.05) is 140 Å². The number of hydrogen-bond acceptors (Lipinski definition) is 5. The quantitative estimate of drug-likeness (QED) is 0.178. The van der Waals surface area contributed by atoms with Gasteiger partial charge in [0.15, 0.2) is 11.4 Å². The number of furan rings is 1. The molecule has 0 spiro atoms. The fraction of sp³-hybridized carbons (Fsp3) is 0.0877. The molecular formula is C57H39N3OS. The minimum absolute atomic E-state index is 0.101. The predicted octanol–water partition coefficient (Wildman–Crippen LogP) is 15.3. The lowest BCUT2D eigenvalue weighted by Gasteiger charge is -2.29. The Kier molecular flexibility index (Phi) is 7.91. The molecule has 2 aliphatic heterocycles. The molecule has 0 amide bonds. The lowest BCUT2D eigenvalue weighted by atomic mass is 9.90. The molecule has 8 aromatic carbocycles. The van der Waals surface area contributed by atoms with Crippen LogP contribution in [0.5, 0.6) is 0 Å². The van der Waals surface area contributed by atoms with Crippen LogP contribution in [0.25, 0.3) is 69.4 Å². The first-order valence-corrected chi connectivity index (χ1v) is 22.3. The Hall–Kier alpha value is -7.34. The summed E-state index contributed by atoms with van der Waals surface area (Å²) < 4.78 is 9.61. The summed E-state index contributed by atoms with van der Waals surface area (Å²) in [5.41, 5.74) is 10.3. The van der Waals surface area contributed by atoms with Crippen LogP contribution >= 0.6 is 11.3 Å². The molecule has 0 saturated heterocycles. The third kappa shape index (κ3) is 5.51. The molecule has 0 N–H and O–H groups in total. The Morgan fingerprint density at radius 3 is 2.21 bits per heavy atom. The summed E-state index contributed by atoms with van der Waals surface area (Å²) in [5.74, 6) is 1.02. The van der Waals surface area contributed by atoms with Crippen LogP contribution in [-0.2, 0) is 0 Å². The fourth-order valence-corrected chi connectivity index (χ4v) is 11.3. The van der Waals surface area contributed by atoms with Gasteiger partial charge in [-0.25, -0.2) is 9.98 Å². The molecule has 2 aromatic heterocycles. The van der Waals surface area contributed by atoms with Crippen LogP contribution in [0.2, 0.25) is 0 Å². The molecule has 5 heteroatoms. The van der Waals surface area contributed by atoms with Gasteiger partial charge in [0.1, 0.15) is 5.58 Å². The Morgan fingerprint density at radius 2 is 1.32 bits per heavy atom. The van der Waals surface area contributed by atoms with E-state index in [4.69, 9.17) is 14.4 Å². The Balaban J connectivity index is 1.06. The number of rotatable bonds is 4. The maximum Gasteiger partial charge on any atom is 0.160 e. The van der Waals surface area contributed by atoms with E-state index in [0.29, 0.717) is 5.84 Å². The highest BCUT2D eigenvalue weighted by Gasteiger charge is 2.39. The average molecular weight is 814 g/mol. The highest BCUT2D eigenvalue weighted by molar-refractivity contribution is 7.25. The zero-order chi connectivity index (χ0) is 40.9. The van der Waals surface area contributed by atoms with Gasteiger partial charge in [-0.3, -0.25) is 0 Å². The van der Waals surface area contributed by atoms with E-state index in [1.54, 1.807) is 0 Å². The van der Waals surface area contributed by atoms with Crippen molar-refractivity contribution in [1.29, 1.82) is 0 Å². The number of hydrogen-bond donors (Lipinski definition) is 0. The van der Waals surface area contributed by atoms with Crippen molar-refractivity contribution in [2.45, 2.75) is 25.3 Å². The number of amidine groups is 1. The van der Waals surface area contributed by atoms with Gasteiger partial charge in [-0.05, 0) is 93.7 Å². The third-order valence-corrected chi connectivity index (χ3v) is 14.4. The predicted molar refractivity (Wildman–Crippen MR) is 263 cm³/mol. The topological polar surface area (TPSA) is 41.1 Å². The van der Waals surface area contributed by atoms with E-state index in [-0.39, 0.29) is 17.9 Å². The van der Waals surface area contributed by atoms with Crippen molar-refractivity contribution in [3.8, 4) is 0 Å². The molecule has 294 valence electrons. The first-order valence-electron chi connectivity index (χ1n) is 21.5. The lowest BCUT2D eigenvalue weighted by Crippen LogP contribution is -2.28. The van der Waals surface area contributed by atoms with Crippen molar-refractivity contribution in [3.63, 3.8) is 0 Å². The number of nitrogens with zero attached hydrogens (tertiary/aromatic N) is 3. The number of thiophene rings is 1. The highest BCUT2D eigenvalue weighted by atomic mass is 32.1. The molecule has 1 aliphatic carbocycles. The molecule has 3 unspecified atom stereocenters. The van der Waals surface area contributed by atoms with Crippen LogP contribution in [0.15, 0.2) is 203 Å². The zero-order valence-corrected chi connectivity index (χ0v) is 34.8. The van der Waals surface area contributed by atoms with Crippen molar-refractivity contribution >= 4 is 104 Å². The van der Waals surface area contributed by atoms with Crippen molar-refractivity contribution in [1.82, 2.24) is 0 Å². The molecule has 3 aliphatic rings. The maximum absolute atomic E-state index is 7.04. The largest absolute Gasteiger partial charge is 0.454 e. The highest BCUT2D eigenvalue weighted by Crippen LogP contribution is 2.52. The summed E-state index contributed by atoms with van der Waals surface area (Å²) in [7, 11) is 0. The molecular weight excluding hydrogens is 775 g/mol. The van der Waals surface area contributed by atoms with Gasteiger partial charge in [-0.2, -0.15) is 0 Å². The van der Waals surface area contributed by atoms with Gasteiger partial charge in [0.25, 0.3) is 0 Å². The molecule has 4 nitrogen and oxygen atoms in total. The first kappa shape index (κ1) is 35.4. The van der Waals surface area contributed by atoms with E-state index in [2.05, 4.69) is 200 Å². The number of fused-ring (bicyclic) bond motifs is 11. The second-order valence-electron chi connectivity index (χ2n) is 16.9. The maximum atomic E-state index is 7.04. The van der Waals surface area contributed by atoms with E-state index in [1.165, 1.54) is 53.0 Å². The first-order chi connectivity index (χ1) is 30.6. The molecule has 4 heterocycles. The van der Waals surface area contributed by atoms with Crippen molar-refractivity contribution in [2.75, 3.05) is 4.90 Å². The van der Waals surface area contributed by atoms with Gasteiger partial charge in [0.2, 0.25) is 0 Å². The second kappa shape index (κ2) is 13.8. The summed E-state index contributed by atoms with van der Waals surface area (Å²) in [6.07, 6.45) is 12.2. The fourth-order valence-electron chi connectivity index (χ4n) is 10.2. The number of aliphatic imine (C=N–C) groups is 2. The summed E-state index contributed by atoms with van der Waals surface area (Å²) in [6, 6.07) is 57.2. The van der Waals surface area contributed by atoms with Gasteiger partial charge >= 0.3 is 0 Å². The van der Waals surface area contributed by atoms with E-state index in [0.717, 1.165) is 62.1 Å². The third-order valence-electron chi connectivity index (χ3n) is 13.2. The van der Waals surface area contributed by atoms with Gasteiger partial charge in [-0.15, -0.1) is 11.3 Å². The smallest absolute Gasteiger partial charge is 0.160 e. The minimum atomic E-state index is 0.101. The molecule has 0 radical (unpaired) electrons. The van der Waals surface area contributed by atoms with Crippen molar-refractivity contribution < 1.29 is 4.42 Å². The second-order valence-corrected chi connectivity index (χ2v) is 18.0. The monoisotopic (exact) mass is 813 g/mol. The van der Waals surface area contributed by atoms with Crippen molar-refractivity contribution in [3.05, 3.63) is 210 Å². The summed E-state index contributed by atoms with van der Waals surface area (Å²) in [4.78, 5) is 13.8. The van der Waals surface area contributed by atoms with E-state index in [9.17, 15) is 0 Å². The normalized spacial score (nSPS) is 21.1. The molecule has 13 rings (SSSR count). The number of para-hydroxylation sites is 1. The average Bonchev–Trinajstić information content (AvgIpc) is 3.99. The zero-order valence-electron chi connectivity index (χ0n) is 34.0. The van der Waals surface area contributed by atoms with Gasteiger partial charge in [0, 0.05) is 59.6 Å². The molecule has 0 fully saturated rings. The van der Waals surface area contributed by atoms with Crippen LogP contribution in [0.4, 0.5) is 11.4 Å². The number of benzene rings is 8. The van der Waals surface area contributed by atoms with Crippen LogP contribution < -0.4 is 4.90 Å². The van der Waals surface area contributed by atoms with E-state index in [1.807, 2.05) is 11.3 Å². The van der Waals surface area contributed by atoms with Crippen LogP contribution in [0.3, 0.4) is 0 Å². The minimum Gasteiger partial charge on any atom is -0.454 e. The SMILES string of the molecule is CC1C/C=C(c2ccc3sc4ccccc4c3c2)/N=C(c2ccc(N3c4cc5ccccc5cc4C4C=CC=CC43)c3oc4ccccc4c23)\N=C/1c1ccc2ccccc2c1. The van der Waals surface area contributed by atoms with Gasteiger partial charge in [0.05, 0.1) is 23.1 Å². The van der Waals surface area contributed by atoms with Gasteiger partial charge < -0.3 is 9.32 Å². The Bertz CT molecular complexity index is 3670. The summed E-state index contributed by atoms with van der Waals surface area (Å²) in [5, 5.41) is 9.49. The number of allylic oxidation sites excluding steroid dienone is 3. The molecule has 0 bridgehead atoms. The van der Waals surface area contributed by atoms with Crippen molar-refractivity contribution in [2.24, 2.45) is 15.9 Å². The van der Waals surface area contributed by atoms with Crippen LogP contribution in [0, 0.1) is 5.92 Å². The van der Waals surface area contributed by atoms with E-state index >= 15 is 0 Å². The lowest BCUT2D eigenvalue weighted by molar-refractivity contribution is 0.663. The number of anilines is 2. The Morgan fingerprint density at radius 1 is 0.597 bits per heavy atom. The molecule has 10 aromatic rings. The molecule has 0 saturated carbocycles. The molecule has 62 heavy (non-hydrogen) atoms. The standard InChI is InChI=1S/C57H39N3OS/c1-34-22-27-47(39-25-29-53-46(32-39)42-17-8-11-21-52(42)62-53)58-57(59-55(34)40-24-23-35-12-2-3-13-36(35)30-40)44-26-28-49(56-54(44)43-18-7-10-20-51(43)61-56)60-48-19-9-6-16-41(48)45-31-37-14-4-5-15-38(37)33-50(45)60/h2-21,23-34,41,48H,22H2,1H3/b47-27+,58-57-,59-55+. The summed E-state index contributed by atoms with van der Waals surface area (Å²) >= 11 is 1.84. The van der Waals surface area contributed by atoms with Crippen LogP contribution in [-0.4, -0.2) is 17.6 Å². The summed E-state index contributed by atoms with van der Waals surface area (Å²) in [6.45, 7) is 2.30. The molecule has 3 atom stereocenters.